The molecule has 0 radical (unpaired) electrons. The second kappa shape index (κ2) is 8.49. The van der Waals surface area contributed by atoms with Crippen LogP contribution >= 0.6 is 0 Å². The second-order valence-electron chi connectivity index (χ2n) is 8.27. The molecule has 4 rings (SSSR count). The Hall–Kier alpha value is -2.22. The van der Waals surface area contributed by atoms with Crippen LogP contribution in [-0.4, -0.2) is 40.4 Å². The molecule has 7 heteroatoms. The maximum Gasteiger partial charge on any atom is 0.282 e. The highest BCUT2D eigenvalue weighted by atomic mass is 32.2. The van der Waals surface area contributed by atoms with Gasteiger partial charge in [0, 0.05) is 17.3 Å². The van der Waals surface area contributed by atoms with Crippen molar-refractivity contribution in [3.63, 3.8) is 0 Å². The van der Waals surface area contributed by atoms with E-state index in [0.717, 1.165) is 42.7 Å². The van der Waals surface area contributed by atoms with Gasteiger partial charge < -0.3 is 15.4 Å². The van der Waals surface area contributed by atoms with Crippen molar-refractivity contribution in [2.45, 2.75) is 37.1 Å². The molecule has 0 spiro atoms. The van der Waals surface area contributed by atoms with Gasteiger partial charge in [-0.2, -0.15) is 12.8 Å². The SMILES string of the molecule is C/C(=N/S(=O)(=O)c1ccc(NC2(c3ccccc3)COC2)c(C)c1)C1CCNCC1. The molecule has 0 aliphatic carbocycles. The average molecular weight is 428 g/mol. The van der Waals surface area contributed by atoms with Crippen molar-refractivity contribution in [3.8, 4) is 0 Å². The van der Waals surface area contributed by atoms with Crippen LogP contribution in [0.5, 0.6) is 0 Å². The highest BCUT2D eigenvalue weighted by molar-refractivity contribution is 7.90. The Labute approximate surface area is 178 Å². The Morgan fingerprint density at radius 2 is 1.83 bits per heavy atom. The van der Waals surface area contributed by atoms with Crippen molar-refractivity contribution in [3.05, 3.63) is 59.7 Å². The van der Waals surface area contributed by atoms with Gasteiger partial charge in [-0.3, -0.25) is 0 Å². The first-order chi connectivity index (χ1) is 14.4. The molecule has 0 bridgehead atoms. The summed E-state index contributed by atoms with van der Waals surface area (Å²) < 4.78 is 35.4. The van der Waals surface area contributed by atoms with Gasteiger partial charge in [-0.05, 0) is 69.1 Å². The first-order valence-corrected chi connectivity index (χ1v) is 11.9. The number of nitrogens with zero attached hydrogens (tertiary/aromatic N) is 1. The molecule has 0 unspecified atom stereocenters. The van der Waals surface area contributed by atoms with Gasteiger partial charge in [0.05, 0.1) is 18.1 Å². The Balaban J connectivity index is 1.55. The lowest BCUT2D eigenvalue weighted by Crippen LogP contribution is -2.53. The lowest BCUT2D eigenvalue weighted by molar-refractivity contribution is -0.0447. The normalized spacial score (nSPS) is 19.9. The smallest absolute Gasteiger partial charge is 0.282 e. The number of sulfonamides is 1. The lowest BCUT2D eigenvalue weighted by Gasteiger charge is -2.43. The molecule has 2 aromatic rings. The van der Waals surface area contributed by atoms with Gasteiger partial charge in [0.1, 0.15) is 5.54 Å². The highest BCUT2D eigenvalue weighted by Crippen LogP contribution is 2.35. The maximum absolute atomic E-state index is 12.9. The molecule has 160 valence electrons. The number of hydrogen-bond donors (Lipinski definition) is 2. The number of nitrogens with one attached hydrogen (secondary N) is 2. The van der Waals surface area contributed by atoms with E-state index in [2.05, 4.69) is 27.2 Å². The van der Waals surface area contributed by atoms with E-state index in [1.54, 1.807) is 12.1 Å². The summed E-state index contributed by atoms with van der Waals surface area (Å²) >= 11 is 0. The standard InChI is InChI=1S/C23H29N3O3S/c1-17-14-21(30(27,28)26-18(2)19-10-12-24-13-11-19)8-9-22(17)25-23(15-29-16-23)20-6-4-3-5-7-20/h3-9,14,19,24-25H,10-13,15-16H2,1-2H3/b26-18-. The summed E-state index contributed by atoms with van der Waals surface area (Å²) in [6.07, 6.45) is 1.85. The third-order valence-corrected chi connectivity index (χ3v) is 7.47. The van der Waals surface area contributed by atoms with E-state index in [1.165, 1.54) is 0 Å². The Morgan fingerprint density at radius 1 is 1.13 bits per heavy atom. The first-order valence-electron chi connectivity index (χ1n) is 10.4. The summed E-state index contributed by atoms with van der Waals surface area (Å²) in [7, 11) is -3.72. The van der Waals surface area contributed by atoms with E-state index in [1.807, 2.05) is 38.1 Å². The Morgan fingerprint density at radius 3 is 2.43 bits per heavy atom. The fourth-order valence-electron chi connectivity index (χ4n) is 4.13. The fraction of sp³-hybridized carbons (Fsp3) is 0.435. The molecule has 2 aromatic carbocycles. The first kappa shape index (κ1) is 21.0. The molecule has 0 amide bonds. The summed E-state index contributed by atoms with van der Waals surface area (Å²) in [5.41, 5.74) is 3.35. The predicted molar refractivity (Wildman–Crippen MR) is 120 cm³/mol. The highest BCUT2D eigenvalue weighted by Gasteiger charge is 2.40. The number of benzene rings is 2. The van der Waals surface area contributed by atoms with Gasteiger partial charge in [-0.1, -0.05) is 30.3 Å². The fourth-order valence-corrected chi connectivity index (χ4v) is 5.32. The topological polar surface area (TPSA) is 79.8 Å². The van der Waals surface area contributed by atoms with Gasteiger partial charge in [0.25, 0.3) is 10.0 Å². The molecule has 30 heavy (non-hydrogen) atoms. The molecule has 2 N–H and O–H groups in total. The molecular formula is C23H29N3O3S. The van der Waals surface area contributed by atoms with Crippen molar-refractivity contribution in [2.24, 2.45) is 10.3 Å². The average Bonchev–Trinajstić information content (AvgIpc) is 2.72. The van der Waals surface area contributed by atoms with E-state index in [-0.39, 0.29) is 16.4 Å². The molecule has 2 aliphatic heterocycles. The lowest BCUT2D eigenvalue weighted by atomic mass is 9.87. The minimum absolute atomic E-state index is 0.229. The second-order valence-corrected chi connectivity index (χ2v) is 9.88. The Kier molecular flexibility index (Phi) is 5.95. The molecule has 2 fully saturated rings. The van der Waals surface area contributed by atoms with Crippen LogP contribution in [-0.2, 0) is 20.3 Å². The molecule has 6 nitrogen and oxygen atoms in total. The third kappa shape index (κ3) is 4.29. The van der Waals surface area contributed by atoms with Gasteiger partial charge >= 0.3 is 0 Å². The van der Waals surface area contributed by atoms with Crippen molar-refractivity contribution in [2.75, 3.05) is 31.6 Å². The van der Waals surface area contributed by atoms with E-state index in [0.29, 0.717) is 18.9 Å². The zero-order valence-electron chi connectivity index (χ0n) is 17.5. The zero-order chi connectivity index (χ0) is 21.2. The molecule has 2 heterocycles. The van der Waals surface area contributed by atoms with Crippen LogP contribution in [0.25, 0.3) is 0 Å². The van der Waals surface area contributed by atoms with Gasteiger partial charge in [0.15, 0.2) is 0 Å². The zero-order valence-corrected chi connectivity index (χ0v) is 18.3. The molecule has 0 saturated carbocycles. The molecule has 0 aromatic heterocycles. The third-order valence-electron chi connectivity index (χ3n) is 6.09. The Bertz CT molecular complexity index is 1020. The van der Waals surface area contributed by atoms with Crippen LogP contribution in [0.1, 0.15) is 30.9 Å². The van der Waals surface area contributed by atoms with Crippen LogP contribution in [0.3, 0.4) is 0 Å². The number of piperidine rings is 1. The van der Waals surface area contributed by atoms with E-state index in [4.69, 9.17) is 4.74 Å². The van der Waals surface area contributed by atoms with Gasteiger partial charge in [-0.15, -0.1) is 0 Å². The number of hydrogen-bond acceptors (Lipinski definition) is 5. The molecule has 0 atom stereocenters. The molecular weight excluding hydrogens is 398 g/mol. The molecule has 2 saturated heterocycles. The van der Waals surface area contributed by atoms with Crippen molar-refractivity contribution in [1.82, 2.24) is 5.32 Å². The summed E-state index contributed by atoms with van der Waals surface area (Å²) in [6, 6.07) is 15.4. The van der Waals surface area contributed by atoms with E-state index >= 15 is 0 Å². The van der Waals surface area contributed by atoms with Crippen LogP contribution in [0.2, 0.25) is 0 Å². The van der Waals surface area contributed by atoms with Crippen LogP contribution in [0, 0.1) is 12.8 Å². The van der Waals surface area contributed by atoms with Gasteiger partial charge in [-0.25, -0.2) is 0 Å². The van der Waals surface area contributed by atoms with Crippen molar-refractivity contribution >= 4 is 21.4 Å². The summed E-state index contributed by atoms with van der Waals surface area (Å²) in [5.74, 6) is 0.229. The van der Waals surface area contributed by atoms with Crippen LogP contribution in [0.4, 0.5) is 5.69 Å². The van der Waals surface area contributed by atoms with Crippen molar-refractivity contribution in [1.29, 1.82) is 0 Å². The summed E-state index contributed by atoms with van der Waals surface area (Å²) in [6.45, 7) is 6.72. The largest absolute Gasteiger partial charge is 0.376 e. The van der Waals surface area contributed by atoms with Crippen LogP contribution in [0.15, 0.2) is 57.8 Å². The monoisotopic (exact) mass is 427 g/mol. The van der Waals surface area contributed by atoms with Crippen LogP contribution < -0.4 is 10.6 Å². The minimum atomic E-state index is -3.72. The number of ether oxygens (including phenoxy) is 1. The number of rotatable bonds is 6. The van der Waals surface area contributed by atoms with E-state index in [9.17, 15) is 8.42 Å². The van der Waals surface area contributed by atoms with Gasteiger partial charge in [0.2, 0.25) is 0 Å². The number of anilines is 1. The summed E-state index contributed by atoms with van der Waals surface area (Å²) in [4.78, 5) is 0.234. The predicted octanol–water partition coefficient (Wildman–Crippen LogP) is 3.48. The quantitative estimate of drug-likeness (QED) is 0.690. The minimum Gasteiger partial charge on any atom is -0.376 e. The summed E-state index contributed by atoms with van der Waals surface area (Å²) in [5, 5.41) is 6.88. The van der Waals surface area contributed by atoms with E-state index < -0.39 is 10.0 Å². The molecule has 2 aliphatic rings. The number of aryl methyl sites for hydroxylation is 1. The van der Waals surface area contributed by atoms with Crippen molar-refractivity contribution < 1.29 is 13.2 Å². The maximum atomic E-state index is 12.9.